The van der Waals surface area contributed by atoms with Crippen LogP contribution in [-0.4, -0.2) is 33.0 Å². The maximum Gasteiger partial charge on any atom is 0.166 e. The van der Waals surface area contributed by atoms with Gasteiger partial charge in [0.2, 0.25) is 0 Å². The molecule has 21 heavy (non-hydrogen) atoms. The Morgan fingerprint density at radius 2 is 1.95 bits per heavy atom. The highest BCUT2D eigenvalue weighted by molar-refractivity contribution is 5.49. The molecule has 0 saturated carbocycles. The first kappa shape index (κ1) is 14.7. The number of para-hydroxylation sites is 1. The van der Waals surface area contributed by atoms with E-state index in [2.05, 4.69) is 24.4 Å². The number of benzene rings is 1. The molecule has 3 rings (SSSR count). The monoisotopic (exact) mass is 291 g/mol. The lowest BCUT2D eigenvalue weighted by atomic mass is 9.89. The fourth-order valence-corrected chi connectivity index (χ4v) is 3.25. The molecule has 0 aliphatic carbocycles. The van der Waals surface area contributed by atoms with Crippen molar-refractivity contribution in [3.63, 3.8) is 0 Å². The first-order valence-electron chi connectivity index (χ1n) is 8.08. The molecule has 4 nitrogen and oxygen atoms in total. The second-order valence-electron chi connectivity index (χ2n) is 5.77. The van der Waals surface area contributed by atoms with E-state index in [1.54, 1.807) is 0 Å². The van der Waals surface area contributed by atoms with Gasteiger partial charge in [0.05, 0.1) is 0 Å². The number of fused-ring (bicyclic) bond motifs is 1. The largest absolute Gasteiger partial charge is 0.486 e. The summed E-state index contributed by atoms with van der Waals surface area (Å²) in [7, 11) is 0. The van der Waals surface area contributed by atoms with Gasteiger partial charge in [-0.15, -0.1) is 0 Å². The zero-order chi connectivity index (χ0) is 14.5. The Hall–Kier alpha value is -1.26. The molecule has 116 valence electrons. The van der Waals surface area contributed by atoms with Crippen LogP contribution in [0.25, 0.3) is 0 Å². The van der Waals surface area contributed by atoms with Gasteiger partial charge in [-0.3, -0.25) is 0 Å². The SMILES string of the molecule is CCNC(CC1CCOCC1)c1cccc2c1OCCO2. The van der Waals surface area contributed by atoms with E-state index in [4.69, 9.17) is 14.2 Å². The van der Waals surface area contributed by atoms with Crippen molar-refractivity contribution in [3.05, 3.63) is 23.8 Å². The molecule has 2 heterocycles. The Labute approximate surface area is 126 Å². The fourth-order valence-electron chi connectivity index (χ4n) is 3.25. The van der Waals surface area contributed by atoms with Crippen LogP contribution < -0.4 is 14.8 Å². The molecule has 0 aromatic heterocycles. The smallest absolute Gasteiger partial charge is 0.166 e. The van der Waals surface area contributed by atoms with Crippen LogP contribution in [0.5, 0.6) is 11.5 Å². The standard InChI is InChI=1S/C17H25NO3/c1-2-18-15(12-13-6-8-19-9-7-13)14-4-3-5-16-17(14)21-11-10-20-16/h3-5,13,15,18H,2,6-12H2,1H3. The van der Waals surface area contributed by atoms with Crippen LogP contribution >= 0.6 is 0 Å². The molecule has 4 heteroatoms. The Morgan fingerprint density at radius 1 is 1.14 bits per heavy atom. The molecular weight excluding hydrogens is 266 g/mol. The van der Waals surface area contributed by atoms with E-state index >= 15 is 0 Å². The minimum atomic E-state index is 0.328. The average molecular weight is 291 g/mol. The molecule has 0 radical (unpaired) electrons. The van der Waals surface area contributed by atoms with Crippen LogP contribution in [0.2, 0.25) is 0 Å². The maximum absolute atomic E-state index is 5.88. The lowest BCUT2D eigenvalue weighted by Crippen LogP contribution is -2.27. The second-order valence-corrected chi connectivity index (χ2v) is 5.77. The Bertz CT molecular complexity index is 457. The molecule has 1 aromatic rings. The summed E-state index contributed by atoms with van der Waals surface area (Å²) in [6.07, 6.45) is 3.46. The van der Waals surface area contributed by atoms with Crippen LogP contribution in [-0.2, 0) is 4.74 Å². The second kappa shape index (κ2) is 7.14. The molecule has 0 bridgehead atoms. The quantitative estimate of drug-likeness (QED) is 0.905. The molecule has 1 saturated heterocycles. The van der Waals surface area contributed by atoms with E-state index in [1.165, 1.54) is 5.56 Å². The van der Waals surface area contributed by atoms with E-state index < -0.39 is 0 Å². The van der Waals surface area contributed by atoms with E-state index in [-0.39, 0.29) is 0 Å². The van der Waals surface area contributed by atoms with Crippen LogP contribution in [0.3, 0.4) is 0 Å². The van der Waals surface area contributed by atoms with Gasteiger partial charge >= 0.3 is 0 Å². The summed E-state index contributed by atoms with van der Waals surface area (Å²) < 4.78 is 17.1. The molecule has 1 unspecified atom stereocenters. The molecule has 2 aliphatic heterocycles. The number of ether oxygens (including phenoxy) is 3. The van der Waals surface area contributed by atoms with E-state index in [9.17, 15) is 0 Å². The van der Waals surface area contributed by atoms with Crippen LogP contribution in [0.4, 0.5) is 0 Å². The molecule has 0 spiro atoms. The van der Waals surface area contributed by atoms with Gasteiger partial charge in [-0.1, -0.05) is 19.1 Å². The highest BCUT2D eigenvalue weighted by Gasteiger charge is 2.25. The van der Waals surface area contributed by atoms with Gasteiger partial charge < -0.3 is 19.5 Å². The van der Waals surface area contributed by atoms with Gasteiger partial charge in [-0.05, 0) is 37.8 Å². The first-order valence-corrected chi connectivity index (χ1v) is 8.08. The highest BCUT2D eigenvalue weighted by Crippen LogP contribution is 2.39. The number of rotatable bonds is 5. The van der Waals surface area contributed by atoms with Crippen molar-refractivity contribution >= 4 is 0 Å². The summed E-state index contributed by atoms with van der Waals surface area (Å²) >= 11 is 0. The Balaban J connectivity index is 1.79. The van der Waals surface area contributed by atoms with Crippen molar-refractivity contribution in [3.8, 4) is 11.5 Å². The molecule has 0 amide bonds. The third kappa shape index (κ3) is 3.50. The van der Waals surface area contributed by atoms with Crippen molar-refractivity contribution in [1.29, 1.82) is 0 Å². The third-order valence-corrected chi connectivity index (χ3v) is 4.33. The summed E-state index contributed by atoms with van der Waals surface area (Å²) in [6.45, 7) is 6.19. The van der Waals surface area contributed by atoms with Gasteiger partial charge in [0.25, 0.3) is 0 Å². The predicted molar refractivity (Wildman–Crippen MR) is 82.0 cm³/mol. The van der Waals surface area contributed by atoms with Crippen molar-refractivity contribution in [2.45, 2.75) is 32.2 Å². The number of hydrogen-bond acceptors (Lipinski definition) is 4. The third-order valence-electron chi connectivity index (χ3n) is 4.33. The fraction of sp³-hybridized carbons (Fsp3) is 0.647. The minimum Gasteiger partial charge on any atom is -0.486 e. The molecule has 1 atom stereocenters. The molecule has 2 aliphatic rings. The van der Waals surface area contributed by atoms with Gasteiger partial charge in [-0.25, -0.2) is 0 Å². The van der Waals surface area contributed by atoms with Gasteiger partial charge in [0.15, 0.2) is 11.5 Å². The Morgan fingerprint density at radius 3 is 2.76 bits per heavy atom. The summed E-state index contributed by atoms with van der Waals surface area (Å²) in [4.78, 5) is 0. The van der Waals surface area contributed by atoms with Crippen molar-refractivity contribution in [2.24, 2.45) is 5.92 Å². The van der Waals surface area contributed by atoms with Crippen molar-refractivity contribution in [2.75, 3.05) is 33.0 Å². The first-order chi connectivity index (χ1) is 10.4. The average Bonchev–Trinajstić information content (AvgIpc) is 2.55. The van der Waals surface area contributed by atoms with Crippen LogP contribution in [0.15, 0.2) is 18.2 Å². The molecule has 1 fully saturated rings. The molecule has 1 N–H and O–H groups in total. The van der Waals surface area contributed by atoms with E-state index in [1.807, 2.05) is 6.07 Å². The summed E-state index contributed by atoms with van der Waals surface area (Å²) in [6, 6.07) is 6.56. The normalized spacial score (nSPS) is 20.2. The van der Waals surface area contributed by atoms with Crippen molar-refractivity contribution < 1.29 is 14.2 Å². The lowest BCUT2D eigenvalue weighted by molar-refractivity contribution is 0.0603. The van der Waals surface area contributed by atoms with Gasteiger partial charge in [-0.2, -0.15) is 0 Å². The highest BCUT2D eigenvalue weighted by atomic mass is 16.6. The van der Waals surface area contributed by atoms with Gasteiger partial charge in [0.1, 0.15) is 13.2 Å². The van der Waals surface area contributed by atoms with Crippen molar-refractivity contribution in [1.82, 2.24) is 5.32 Å². The lowest BCUT2D eigenvalue weighted by Gasteiger charge is -2.30. The zero-order valence-electron chi connectivity index (χ0n) is 12.8. The summed E-state index contributed by atoms with van der Waals surface area (Å²) in [5.74, 6) is 2.54. The number of nitrogens with one attached hydrogen (secondary N) is 1. The van der Waals surface area contributed by atoms with E-state index in [0.717, 1.165) is 56.4 Å². The summed E-state index contributed by atoms with van der Waals surface area (Å²) in [5.41, 5.74) is 1.24. The van der Waals surface area contributed by atoms with Crippen LogP contribution in [0.1, 0.15) is 37.8 Å². The summed E-state index contributed by atoms with van der Waals surface area (Å²) in [5, 5.41) is 3.62. The predicted octanol–water partition coefficient (Wildman–Crippen LogP) is 2.93. The van der Waals surface area contributed by atoms with Gasteiger partial charge in [0, 0.05) is 24.8 Å². The minimum absolute atomic E-state index is 0.328. The molecular formula is C17H25NO3. The molecule has 1 aromatic carbocycles. The maximum atomic E-state index is 5.88. The topological polar surface area (TPSA) is 39.7 Å². The Kier molecular flexibility index (Phi) is 4.99. The zero-order valence-corrected chi connectivity index (χ0v) is 12.8. The number of hydrogen-bond donors (Lipinski definition) is 1. The van der Waals surface area contributed by atoms with E-state index in [0.29, 0.717) is 19.3 Å². The van der Waals surface area contributed by atoms with Crippen LogP contribution in [0, 0.1) is 5.92 Å².